The first kappa shape index (κ1) is 8.60. The van der Waals surface area contributed by atoms with E-state index in [4.69, 9.17) is 10.8 Å². The van der Waals surface area contributed by atoms with Crippen LogP contribution in [0.5, 0.6) is 0 Å². The van der Waals surface area contributed by atoms with Crippen molar-refractivity contribution in [1.82, 2.24) is 20.2 Å². The molecule has 12 heavy (non-hydrogen) atoms. The van der Waals surface area contributed by atoms with E-state index < -0.39 is 12.0 Å². The van der Waals surface area contributed by atoms with Crippen LogP contribution in [0.1, 0.15) is 18.8 Å². The van der Waals surface area contributed by atoms with Gasteiger partial charge in [-0.3, -0.25) is 4.79 Å². The molecule has 1 rings (SSSR count). The number of hydrogen-bond acceptors (Lipinski definition) is 5. The van der Waals surface area contributed by atoms with Gasteiger partial charge in [-0.1, -0.05) is 0 Å². The van der Waals surface area contributed by atoms with Gasteiger partial charge in [0.2, 0.25) is 5.82 Å². The minimum absolute atomic E-state index is 0.0318. The van der Waals surface area contributed by atoms with Gasteiger partial charge in [-0.2, -0.15) is 4.80 Å². The number of carbonyl (C=O) groups is 1. The number of nitrogens with two attached hydrogens (primary N) is 1. The molecule has 1 aromatic heterocycles. The van der Waals surface area contributed by atoms with Gasteiger partial charge >= 0.3 is 5.97 Å². The Hall–Kier alpha value is -1.50. The molecule has 0 fully saturated rings. The van der Waals surface area contributed by atoms with Gasteiger partial charge in [-0.15, -0.1) is 10.2 Å². The van der Waals surface area contributed by atoms with E-state index in [0.29, 0.717) is 6.54 Å². The second kappa shape index (κ2) is 3.26. The van der Waals surface area contributed by atoms with Crippen LogP contribution in [-0.2, 0) is 11.3 Å². The summed E-state index contributed by atoms with van der Waals surface area (Å²) in [6.07, 6.45) is 0. The molecular formula is C5H9N5O2. The Kier molecular flexibility index (Phi) is 2.34. The maximum Gasteiger partial charge on any atom is 0.328 e. The van der Waals surface area contributed by atoms with Crippen LogP contribution in [0, 0.1) is 0 Å². The smallest absolute Gasteiger partial charge is 0.328 e. The minimum Gasteiger partial charge on any atom is -0.480 e. The molecule has 0 aliphatic heterocycles. The topological polar surface area (TPSA) is 107 Å². The van der Waals surface area contributed by atoms with E-state index >= 15 is 0 Å². The molecule has 0 bridgehead atoms. The largest absolute Gasteiger partial charge is 0.480 e. The fourth-order valence-corrected chi connectivity index (χ4v) is 0.625. The SMILES string of the molecule is CCn1nnc(C(N)C(=O)O)n1. The summed E-state index contributed by atoms with van der Waals surface area (Å²) in [4.78, 5) is 11.6. The van der Waals surface area contributed by atoms with Crippen molar-refractivity contribution < 1.29 is 9.90 Å². The highest BCUT2D eigenvalue weighted by Crippen LogP contribution is 2.00. The number of rotatable bonds is 3. The highest BCUT2D eigenvalue weighted by atomic mass is 16.4. The zero-order chi connectivity index (χ0) is 9.14. The fourth-order valence-electron chi connectivity index (χ4n) is 0.625. The molecule has 0 saturated carbocycles. The van der Waals surface area contributed by atoms with Gasteiger partial charge in [-0.25, -0.2) is 0 Å². The van der Waals surface area contributed by atoms with Crippen molar-refractivity contribution >= 4 is 5.97 Å². The third-order valence-electron chi connectivity index (χ3n) is 1.30. The number of aryl methyl sites for hydroxylation is 1. The van der Waals surface area contributed by atoms with Crippen LogP contribution < -0.4 is 5.73 Å². The highest BCUT2D eigenvalue weighted by Gasteiger charge is 2.19. The van der Waals surface area contributed by atoms with E-state index in [1.165, 1.54) is 4.80 Å². The van der Waals surface area contributed by atoms with E-state index in [9.17, 15) is 4.79 Å². The van der Waals surface area contributed by atoms with Crippen molar-refractivity contribution in [1.29, 1.82) is 0 Å². The highest BCUT2D eigenvalue weighted by molar-refractivity contribution is 5.73. The molecule has 0 saturated heterocycles. The standard InChI is InChI=1S/C5H9N5O2/c1-2-10-8-4(7-9-10)3(6)5(11)12/h3H,2,6H2,1H3,(H,11,12). The lowest BCUT2D eigenvalue weighted by molar-refractivity contribution is -0.138. The molecule has 1 heterocycles. The summed E-state index contributed by atoms with van der Waals surface area (Å²) in [6, 6.07) is -1.19. The lowest BCUT2D eigenvalue weighted by Crippen LogP contribution is -2.22. The van der Waals surface area contributed by atoms with E-state index in [2.05, 4.69) is 15.4 Å². The summed E-state index contributed by atoms with van der Waals surface area (Å²) in [5.41, 5.74) is 5.23. The molecule has 1 atom stereocenters. The summed E-state index contributed by atoms with van der Waals surface area (Å²) in [6.45, 7) is 2.36. The number of nitrogens with zero attached hydrogens (tertiary/aromatic N) is 4. The Morgan fingerprint density at radius 1 is 1.83 bits per heavy atom. The molecular weight excluding hydrogens is 162 g/mol. The molecule has 0 aromatic carbocycles. The number of carboxylic acid groups (broad SMARTS) is 1. The van der Waals surface area contributed by atoms with Crippen molar-refractivity contribution in [3.8, 4) is 0 Å². The molecule has 0 radical (unpaired) electrons. The fraction of sp³-hybridized carbons (Fsp3) is 0.600. The lowest BCUT2D eigenvalue weighted by atomic mass is 10.3. The average Bonchev–Trinajstić information content (AvgIpc) is 2.50. The average molecular weight is 171 g/mol. The number of hydrogen-bond donors (Lipinski definition) is 2. The second-order valence-corrected chi connectivity index (χ2v) is 2.15. The van der Waals surface area contributed by atoms with Gasteiger partial charge in [-0.05, 0) is 12.1 Å². The van der Waals surface area contributed by atoms with E-state index in [1.54, 1.807) is 0 Å². The molecule has 0 amide bonds. The predicted molar refractivity (Wildman–Crippen MR) is 38.1 cm³/mol. The van der Waals surface area contributed by atoms with Crippen LogP contribution in [0.4, 0.5) is 0 Å². The number of aliphatic carboxylic acids is 1. The quantitative estimate of drug-likeness (QED) is 0.590. The maximum absolute atomic E-state index is 10.4. The van der Waals surface area contributed by atoms with Crippen LogP contribution >= 0.6 is 0 Å². The summed E-state index contributed by atoms with van der Waals surface area (Å²) in [5.74, 6) is -1.13. The van der Waals surface area contributed by atoms with Crippen LogP contribution in [0.3, 0.4) is 0 Å². The molecule has 0 aliphatic carbocycles. The van der Waals surface area contributed by atoms with Gasteiger partial charge in [0.15, 0.2) is 6.04 Å². The molecule has 0 aliphatic rings. The first-order valence-corrected chi connectivity index (χ1v) is 3.41. The van der Waals surface area contributed by atoms with Gasteiger partial charge in [0.25, 0.3) is 0 Å². The zero-order valence-electron chi connectivity index (χ0n) is 6.51. The van der Waals surface area contributed by atoms with Crippen molar-refractivity contribution in [2.75, 3.05) is 0 Å². The summed E-state index contributed by atoms with van der Waals surface area (Å²) < 4.78 is 0. The summed E-state index contributed by atoms with van der Waals surface area (Å²) in [5, 5.41) is 19.3. The van der Waals surface area contributed by atoms with Gasteiger partial charge in [0, 0.05) is 0 Å². The first-order chi connectivity index (χ1) is 5.65. The Bertz CT molecular complexity index is 283. The van der Waals surface area contributed by atoms with E-state index in [1.807, 2.05) is 6.92 Å². The van der Waals surface area contributed by atoms with Crippen molar-refractivity contribution in [2.24, 2.45) is 5.73 Å². The van der Waals surface area contributed by atoms with E-state index in [-0.39, 0.29) is 5.82 Å². The molecule has 1 aromatic rings. The molecule has 0 spiro atoms. The number of aromatic nitrogens is 4. The summed E-state index contributed by atoms with van der Waals surface area (Å²) in [7, 11) is 0. The first-order valence-electron chi connectivity index (χ1n) is 3.41. The molecule has 7 nitrogen and oxygen atoms in total. The molecule has 1 unspecified atom stereocenters. The third kappa shape index (κ3) is 1.56. The molecule has 3 N–H and O–H groups in total. The minimum atomic E-state index is -1.19. The van der Waals surface area contributed by atoms with Crippen LogP contribution in [-0.4, -0.2) is 31.3 Å². The molecule has 66 valence electrons. The predicted octanol–water partition coefficient (Wildman–Crippen LogP) is -1.22. The third-order valence-corrected chi connectivity index (χ3v) is 1.30. The van der Waals surface area contributed by atoms with E-state index in [0.717, 1.165) is 0 Å². The van der Waals surface area contributed by atoms with Crippen LogP contribution in [0.15, 0.2) is 0 Å². The van der Waals surface area contributed by atoms with Gasteiger partial charge < -0.3 is 10.8 Å². The van der Waals surface area contributed by atoms with Gasteiger partial charge in [0.05, 0.1) is 6.54 Å². The normalized spacial score (nSPS) is 12.8. The van der Waals surface area contributed by atoms with Crippen molar-refractivity contribution in [2.45, 2.75) is 19.5 Å². The number of tetrazole rings is 1. The Labute approximate surface area is 68.2 Å². The maximum atomic E-state index is 10.4. The zero-order valence-corrected chi connectivity index (χ0v) is 6.51. The Balaban J connectivity index is 2.81. The Morgan fingerprint density at radius 3 is 2.92 bits per heavy atom. The lowest BCUT2D eigenvalue weighted by Gasteiger charge is -1.97. The Morgan fingerprint density at radius 2 is 2.50 bits per heavy atom. The van der Waals surface area contributed by atoms with Crippen LogP contribution in [0.25, 0.3) is 0 Å². The van der Waals surface area contributed by atoms with Crippen molar-refractivity contribution in [3.05, 3.63) is 5.82 Å². The van der Waals surface area contributed by atoms with Crippen LogP contribution in [0.2, 0.25) is 0 Å². The summed E-state index contributed by atoms with van der Waals surface area (Å²) >= 11 is 0. The molecule has 7 heteroatoms. The monoisotopic (exact) mass is 171 g/mol. The number of carboxylic acids is 1. The van der Waals surface area contributed by atoms with Gasteiger partial charge in [0.1, 0.15) is 0 Å². The van der Waals surface area contributed by atoms with Crippen molar-refractivity contribution in [3.63, 3.8) is 0 Å². The second-order valence-electron chi connectivity index (χ2n) is 2.15.